The maximum Gasteiger partial charge on any atom is 0.191 e. The van der Waals surface area contributed by atoms with E-state index in [2.05, 4.69) is 52.7 Å². The topological polar surface area (TPSA) is 39.9 Å². The van der Waals surface area contributed by atoms with Gasteiger partial charge in [0.1, 0.15) is 18.2 Å². The summed E-state index contributed by atoms with van der Waals surface area (Å²) < 4.78 is 20.5. The van der Waals surface area contributed by atoms with Gasteiger partial charge in [0.05, 0.1) is 0 Å². The van der Waals surface area contributed by atoms with Gasteiger partial charge in [0.25, 0.3) is 0 Å². The summed E-state index contributed by atoms with van der Waals surface area (Å²) in [6.07, 6.45) is 0. The first-order valence-electron chi connectivity index (χ1n) is 8.57. The molecule has 27 heavy (non-hydrogen) atoms. The van der Waals surface area contributed by atoms with Crippen molar-refractivity contribution in [3.8, 4) is 5.75 Å². The van der Waals surface area contributed by atoms with E-state index in [1.54, 1.807) is 23.9 Å². The first-order valence-corrected chi connectivity index (χ1v) is 9.55. The predicted molar refractivity (Wildman–Crippen MR) is 105 cm³/mol. The molecule has 1 aromatic heterocycles. The number of thioether (sulfide) groups is 1. The summed E-state index contributed by atoms with van der Waals surface area (Å²) in [5.41, 5.74) is 1.27. The third-order valence-corrected chi connectivity index (χ3v) is 5.41. The molecule has 6 heteroatoms. The van der Waals surface area contributed by atoms with E-state index in [-0.39, 0.29) is 12.4 Å². The van der Waals surface area contributed by atoms with Crippen LogP contribution in [-0.4, -0.2) is 14.8 Å². The molecule has 0 unspecified atom stereocenters. The first kappa shape index (κ1) is 17.5. The van der Waals surface area contributed by atoms with Crippen LogP contribution in [0.3, 0.4) is 0 Å². The van der Waals surface area contributed by atoms with Gasteiger partial charge < -0.3 is 9.30 Å². The van der Waals surface area contributed by atoms with Crippen LogP contribution in [0.25, 0.3) is 10.8 Å². The molecule has 0 spiro atoms. The van der Waals surface area contributed by atoms with E-state index >= 15 is 0 Å². The van der Waals surface area contributed by atoms with Gasteiger partial charge in [-0.2, -0.15) is 0 Å². The zero-order chi connectivity index (χ0) is 18.6. The zero-order valence-corrected chi connectivity index (χ0v) is 15.6. The van der Waals surface area contributed by atoms with Crippen molar-refractivity contribution >= 4 is 22.5 Å². The molecule has 4 nitrogen and oxygen atoms in total. The molecule has 3 aromatic carbocycles. The highest BCUT2D eigenvalue weighted by Crippen LogP contribution is 2.26. The normalized spacial score (nSPS) is 11.0. The zero-order valence-electron chi connectivity index (χ0n) is 14.8. The van der Waals surface area contributed by atoms with E-state index in [0.717, 1.165) is 16.7 Å². The molecule has 0 aliphatic heterocycles. The van der Waals surface area contributed by atoms with Gasteiger partial charge in [-0.15, -0.1) is 10.2 Å². The monoisotopic (exact) mass is 379 g/mol. The molecule has 0 aliphatic carbocycles. The van der Waals surface area contributed by atoms with Gasteiger partial charge in [-0.25, -0.2) is 4.39 Å². The number of nitrogens with zero attached hydrogens (tertiary/aromatic N) is 3. The van der Waals surface area contributed by atoms with Crippen molar-refractivity contribution in [2.24, 2.45) is 7.05 Å². The average molecular weight is 379 g/mol. The fourth-order valence-electron chi connectivity index (χ4n) is 2.84. The van der Waals surface area contributed by atoms with E-state index in [9.17, 15) is 4.39 Å². The molecule has 0 fully saturated rings. The highest BCUT2D eigenvalue weighted by molar-refractivity contribution is 7.98. The summed E-state index contributed by atoms with van der Waals surface area (Å²) in [5.74, 6) is 1.85. The summed E-state index contributed by atoms with van der Waals surface area (Å²) in [6.45, 7) is 0.282. The molecular weight excluding hydrogens is 361 g/mol. The molecule has 0 atom stereocenters. The minimum atomic E-state index is -0.284. The Hall–Kier alpha value is -2.86. The Morgan fingerprint density at radius 3 is 2.59 bits per heavy atom. The highest BCUT2D eigenvalue weighted by atomic mass is 32.2. The van der Waals surface area contributed by atoms with E-state index in [1.165, 1.54) is 28.5 Å². The van der Waals surface area contributed by atoms with Gasteiger partial charge in [-0.05, 0) is 40.6 Å². The third-order valence-electron chi connectivity index (χ3n) is 4.34. The molecule has 0 saturated carbocycles. The summed E-state index contributed by atoms with van der Waals surface area (Å²) >= 11 is 1.64. The number of ether oxygens (including phenoxy) is 1. The molecule has 0 radical (unpaired) electrons. The van der Waals surface area contributed by atoms with Gasteiger partial charge in [0.2, 0.25) is 0 Å². The van der Waals surface area contributed by atoms with Crippen LogP contribution in [0.5, 0.6) is 5.75 Å². The Bertz CT molecular complexity index is 1060. The van der Waals surface area contributed by atoms with Gasteiger partial charge in [0, 0.05) is 12.8 Å². The number of aromatic nitrogens is 3. The van der Waals surface area contributed by atoms with Crippen LogP contribution in [0, 0.1) is 5.82 Å². The average Bonchev–Trinajstić information content (AvgIpc) is 3.05. The number of fused-ring (bicyclic) bond motifs is 1. The fourth-order valence-corrected chi connectivity index (χ4v) is 3.77. The van der Waals surface area contributed by atoms with Crippen molar-refractivity contribution in [2.45, 2.75) is 17.5 Å². The van der Waals surface area contributed by atoms with Crippen LogP contribution in [0.2, 0.25) is 0 Å². The Morgan fingerprint density at radius 1 is 0.963 bits per heavy atom. The maximum atomic E-state index is 13.0. The number of hydrogen-bond acceptors (Lipinski definition) is 4. The number of hydrogen-bond donors (Lipinski definition) is 0. The van der Waals surface area contributed by atoms with Crippen molar-refractivity contribution in [3.05, 3.63) is 83.9 Å². The lowest BCUT2D eigenvalue weighted by atomic mass is 10.1. The minimum Gasteiger partial charge on any atom is -0.486 e. The molecule has 0 amide bonds. The number of rotatable bonds is 6. The van der Waals surface area contributed by atoms with Crippen molar-refractivity contribution in [3.63, 3.8) is 0 Å². The standard InChI is InChI=1S/C21H18FN3OS/c1-25-20(13-26-18-11-9-17(22)10-12-18)23-24-21(25)27-14-16-7-4-6-15-5-2-3-8-19(15)16/h2-12H,13-14H2,1H3. The van der Waals surface area contributed by atoms with Crippen LogP contribution < -0.4 is 4.74 Å². The van der Waals surface area contributed by atoms with Crippen LogP contribution in [0.4, 0.5) is 4.39 Å². The largest absolute Gasteiger partial charge is 0.486 e. The molecule has 4 aromatic rings. The molecule has 4 rings (SSSR count). The molecule has 1 heterocycles. The summed E-state index contributed by atoms with van der Waals surface area (Å²) in [6, 6.07) is 20.7. The summed E-state index contributed by atoms with van der Waals surface area (Å²) in [7, 11) is 1.93. The van der Waals surface area contributed by atoms with Crippen LogP contribution in [0.15, 0.2) is 71.9 Å². The molecule has 0 saturated heterocycles. The summed E-state index contributed by atoms with van der Waals surface area (Å²) in [5, 5.41) is 11.8. The lowest BCUT2D eigenvalue weighted by molar-refractivity contribution is 0.290. The van der Waals surface area contributed by atoms with E-state index in [4.69, 9.17) is 4.74 Å². The van der Waals surface area contributed by atoms with Crippen molar-refractivity contribution in [1.82, 2.24) is 14.8 Å². The van der Waals surface area contributed by atoms with Crippen molar-refractivity contribution in [2.75, 3.05) is 0 Å². The number of halogens is 1. The van der Waals surface area contributed by atoms with Gasteiger partial charge >= 0.3 is 0 Å². The lowest BCUT2D eigenvalue weighted by Gasteiger charge is -2.08. The Labute approximate surface area is 161 Å². The minimum absolute atomic E-state index is 0.282. The number of benzene rings is 3. The summed E-state index contributed by atoms with van der Waals surface area (Å²) in [4.78, 5) is 0. The lowest BCUT2D eigenvalue weighted by Crippen LogP contribution is -2.04. The highest BCUT2D eigenvalue weighted by Gasteiger charge is 2.11. The van der Waals surface area contributed by atoms with Crippen LogP contribution >= 0.6 is 11.8 Å². The SMILES string of the molecule is Cn1c(COc2ccc(F)cc2)nnc1SCc1cccc2ccccc12. The molecule has 136 valence electrons. The third kappa shape index (κ3) is 3.95. The quantitative estimate of drug-likeness (QED) is 0.443. The first-order chi connectivity index (χ1) is 13.2. The van der Waals surface area contributed by atoms with E-state index in [0.29, 0.717) is 5.75 Å². The second-order valence-corrected chi connectivity index (χ2v) is 7.07. The Kier molecular flexibility index (Phi) is 5.07. The van der Waals surface area contributed by atoms with E-state index < -0.39 is 0 Å². The van der Waals surface area contributed by atoms with Crippen molar-refractivity contribution < 1.29 is 9.13 Å². The smallest absolute Gasteiger partial charge is 0.191 e. The van der Waals surface area contributed by atoms with Gasteiger partial charge in [-0.1, -0.05) is 54.2 Å². The fraction of sp³-hybridized carbons (Fsp3) is 0.143. The molecule has 0 bridgehead atoms. The molecule has 0 aliphatic rings. The van der Waals surface area contributed by atoms with Gasteiger partial charge in [-0.3, -0.25) is 0 Å². The maximum absolute atomic E-state index is 13.0. The Balaban J connectivity index is 1.43. The second-order valence-electron chi connectivity index (χ2n) is 6.13. The second kappa shape index (κ2) is 7.80. The molecular formula is C21H18FN3OS. The van der Waals surface area contributed by atoms with Crippen LogP contribution in [-0.2, 0) is 19.4 Å². The van der Waals surface area contributed by atoms with Crippen molar-refractivity contribution in [1.29, 1.82) is 0 Å². The van der Waals surface area contributed by atoms with Crippen LogP contribution in [0.1, 0.15) is 11.4 Å². The van der Waals surface area contributed by atoms with Gasteiger partial charge in [0.15, 0.2) is 11.0 Å². The molecule has 0 N–H and O–H groups in total. The predicted octanol–water partition coefficient (Wildman–Crippen LogP) is 4.98. The van der Waals surface area contributed by atoms with E-state index in [1.807, 2.05) is 11.6 Å². The Morgan fingerprint density at radius 2 is 1.74 bits per heavy atom.